The molecule has 5 rings (SSSR count). The van der Waals surface area contributed by atoms with Gasteiger partial charge in [-0.1, -0.05) is 18.3 Å². The van der Waals surface area contributed by atoms with Gasteiger partial charge in [0.25, 0.3) is 0 Å². The largest absolute Gasteiger partial charge is 0.445 e. The molecule has 1 aliphatic carbocycles. The SMILES string of the molecule is O=C1C=C2C(C#Cc3cc(F)cc(F)c3)=C3CN4CCCCC4[C@@]23O1. The van der Waals surface area contributed by atoms with Gasteiger partial charge in [0.1, 0.15) is 11.6 Å². The van der Waals surface area contributed by atoms with Crippen molar-refractivity contribution in [2.45, 2.75) is 30.9 Å². The summed E-state index contributed by atoms with van der Waals surface area (Å²) in [6.07, 6.45) is 4.81. The Kier molecular flexibility index (Phi) is 2.99. The van der Waals surface area contributed by atoms with E-state index in [-0.39, 0.29) is 17.6 Å². The molecule has 2 atom stereocenters. The van der Waals surface area contributed by atoms with Gasteiger partial charge in [-0.3, -0.25) is 4.90 Å². The fourth-order valence-corrected chi connectivity index (χ4v) is 4.63. The summed E-state index contributed by atoms with van der Waals surface area (Å²) in [5, 5.41) is 0. The first-order valence-electron chi connectivity index (χ1n) is 8.49. The molecule has 3 nitrogen and oxygen atoms in total. The van der Waals surface area contributed by atoms with Crippen LogP contribution in [0.1, 0.15) is 24.8 Å². The lowest BCUT2D eigenvalue weighted by molar-refractivity contribution is -0.146. The van der Waals surface area contributed by atoms with Crippen LogP contribution in [0.15, 0.2) is 41.0 Å². The van der Waals surface area contributed by atoms with Crippen molar-refractivity contribution in [3.8, 4) is 11.8 Å². The number of nitrogens with zero attached hydrogens (tertiary/aromatic N) is 1. The Balaban J connectivity index is 1.57. The van der Waals surface area contributed by atoms with Gasteiger partial charge in [-0.15, -0.1) is 0 Å². The molecule has 1 unspecified atom stereocenters. The predicted octanol–water partition coefficient (Wildman–Crippen LogP) is 2.72. The zero-order valence-corrected chi connectivity index (χ0v) is 13.4. The number of halogens is 2. The predicted molar refractivity (Wildman–Crippen MR) is 86.4 cm³/mol. The number of esters is 1. The van der Waals surface area contributed by atoms with Crippen LogP contribution in [0.2, 0.25) is 0 Å². The number of hydrogen-bond acceptors (Lipinski definition) is 3. The normalized spacial score (nSPS) is 29.8. The minimum absolute atomic E-state index is 0.200. The van der Waals surface area contributed by atoms with Crippen molar-refractivity contribution in [2.24, 2.45) is 0 Å². The van der Waals surface area contributed by atoms with Gasteiger partial charge in [0.15, 0.2) is 5.60 Å². The highest BCUT2D eigenvalue weighted by Gasteiger charge is 2.66. The number of rotatable bonds is 0. The summed E-state index contributed by atoms with van der Waals surface area (Å²) in [5.41, 5.74) is 2.34. The maximum atomic E-state index is 13.3. The second-order valence-corrected chi connectivity index (χ2v) is 6.96. The van der Waals surface area contributed by atoms with E-state index < -0.39 is 17.2 Å². The lowest BCUT2D eigenvalue weighted by atomic mass is 9.67. The highest BCUT2D eigenvalue weighted by molar-refractivity contribution is 5.94. The van der Waals surface area contributed by atoms with Crippen LogP contribution in [0.3, 0.4) is 0 Å². The molecule has 4 aliphatic rings. The number of benzene rings is 1. The fraction of sp³-hybridized carbons (Fsp3) is 0.350. The van der Waals surface area contributed by atoms with E-state index in [2.05, 4.69) is 16.7 Å². The number of fused-ring (bicyclic) bond motifs is 1. The van der Waals surface area contributed by atoms with E-state index in [1.54, 1.807) is 0 Å². The van der Waals surface area contributed by atoms with Crippen LogP contribution in [0, 0.1) is 23.5 Å². The zero-order chi connectivity index (χ0) is 17.2. The number of ether oxygens (including phenoxy) is 1. The summed E-state index contributed by atoms with van der Waals surface area (Å²) < 4.78 is 32.4. The maximum Gasteiger partial charge on any atom is 0.332 e. The van der Waals surface area contributed by atoms with E-state index in [0.29, 0.717) is 0 Å². The molecular weight excluding hydrogens is 324 g/mol. The molecule has 1 spiro atoms. The lowest BCUT2D eigenvalue weighted by Gasteiger charge is -2.43. The molecule has 5 heteroatoms. The van der Waals surface area contributed by atoms with Gasteiger partial charge in [-0.05, 0) is 31.5 Å². The molecule has 0 aromatic heterocycles. The summed E-state index contributed by atoms with van der Waals surface area (Å²) >= 11 is 0. The molecule has 3 aliphatic heterocycles. The van der Waals surface area contributed by atoms with Crippen molar-refractivity contribution in [2.75, 3.05) is 13.1 Å². The van der Waals surface area contributed by atoms with E-state index in [9.17, 15) is 13.6 Å². The number of hydrogen-bond donors (Lipinski definition) is 0. The quantitative estimate of drug-likeness (QED) is 0.538. The standard InChI is InChI=1S/C20H15F2NO2/c21-13-7-12(8-14(22)9-13)4-5-15-16-10-19(24)25-20(16)17(15)11-23-6-2-1-3-18(20)23/h7-10,18H,1-3,6,11H2/t18?,20-/m1/s1. The molecule has 3 heterocycles. The molecule has 2 fully saturated rings. The Morgan fingerprint density at radius 2 is 1.96 bits per heavy atom. The van der Waals surface area contributed by atoms with Crippen molar-refractivity contribution in [3.63, 3.8) is 0 Å². The van der Waals surface area contributed by atoms with E-state index in [1.807, 2.05) is 0 Å². The zero-order valence-electron chi connectivity index (χ0n) is 13.4. The highest BCUT2D eigenvalue weighted by atomic mass is 19.1. The molecule has 0 radical (unpaired) electrons. The minimum Gasteiger partial charge on any atom is -0.445 e. The Morgan fingerprint density at radius 1 is 1.16 bits per heavy atom. The molecule has 1 aromatic rings. The number of carbonyl (C=O) groups is 1. The fourth-order valence-electron chi connectivity index (χ4n) is 4.63. The molecule has 0 N–H and O–H groups in total. The summed E-state index contributed by atoms with van der Waals surface area (Å²) in [6, 6.07) is 3.43. The average Bonchev–Trinajstić information content (AvgIpc) is 3.01. The molecule has 25 heavy (non-hydrogen) atoms. The Morgan fingerprint density at radius 3 is 2.76 bits per heavy atom. The van der Waals surface area contributed by atoms with Crippen LogP contribution in [0.4, 0.5) is 8.78 Å². The molecule has 126 valence electrons. The van der Waals surface area contributed by atoms with Crippen molar-refractivity contribution in [1.82, 2.24) is 4.90 Å². The number of piperidine rings is 1. The van der Waals surface area contributed by atoms with E-state index in [0.717, 1.165) is 55.1 Å². The third kappa shape index (κ3) is 1.98. The van der Waals surface area contributed by atoms with Crippen molar-refractivity contribution >= 4 is 5.97 Å². The first-order chi connectivity index (χ1) is 12.1. The van der Waals surface area contributed by atoms with E-state index in [4.69, 9.17) is 4.74 Å². The molecule has 1 aromatic carbocycles. The van der Waals surface area contributed by atoms with Gasteiger partial charge >= 0.3 is 5.97 Å². The third-order valence-electron chi connectivity index (χ3n) is 5.58. The second-order valence-electron chi connectivity index (χ2n) is 6.96. The van der Waals surface area contributed by atoms with Crippen molar-refractivity contribution in [1.29, 1.82) is 0 Å². The molecular formula is C20H15F2NO2. The first-order valence-corrected chi connectivity index (χ1v) is 8.49. The van der Waals surface area contributed by atoms with Crippen LogP contribution in [0.25, 0.3) is 0 Å². The topological polar surface area (TPSA) is 29.5 Å². The summed E-state index contributed by atoms with van der Waals surface area (Å²) in [4.78, 5) is 14.3. The Labute approximate surface area is 144 Å². The first kappa shape index (κ1) is 14.9. The van der Waals surface area contributed by atoms with E-state index >= 15 is 0 Å². The van der Waals surface area contributed by atoms with E-state index in [1.165, 1.54) is 18.2 Å². The smallest absolute Gasteiger partial charge is 0.332 e. The van der Waals surface area contributed by atoms with Gasteiger partial charge in [-0.2, -0.15) is 0 Å². The number of carbonyl (C=O) groups excluding carboxylic acids is 1. The van der Waals surface area contributed by atoms with Crippen LogP contribution >= 0.6 is 0 Å². The summed E-state index contributed by atoms with van der Waals surface area (Å²) in [6.45, 7) is 1.74. The maximum absolute atomic E-state index is 13.3. The van der Waals surface area contributed by atoms with Gasteiger partial charge in [0, 0.05) is 41.0 Å². The van der Waals surface area contributed by atoms with Crippen LogP contribution in [-0.4, -0.2) is 35.6 Å². The van der Waals surface area contributed by atoms with Gasteiger partial charge < -0.3 is 4.74 Å². The van der Waals surface area contributed by atoms with Crippen molar-refractivity contribution < 1.29 is 18.3 Å². The molecule has 0 saturated carbocycles. The second kappa shape index (κ2) is 5.03. The average molecular weight is 339 g/mol. The van der Waals surface area contributed by atoms with Crippen LogP contribution < -0.4 is 0 Å². The Bertz CT molecular complexity index is 916. The van der Waals surface area contributed by atoms with Gasteiger partial charge in [0.05, 0.1) is 6.04 Å². The highest BCUT2D eigenvalue weighted by Crippen LogP contribution is 2.58. The van der Waals surface area contributed by atoms with Crippen LogP contribution in [0.5, 0.6) is 0 Å². The Hall–Kier alpha value is -2.45. The van der Waals surface area contributed by atoms with Crippen LogP contribution in [-0.2, 0) is 9.53 Å². The third-order valence-corrected chi connectivity index (χ3v) is 5.58. The summed E-state index contributed by atoms with van der Waals surface area (Å²) in [5.74, 6) is 4.23. The van der Waals surface area contributed by atoms with Gasteiger partial charge in [-0.25, -0.2) is 13.6 Å². The monoisotopic (exact) mass is 339 g/mol. The molecule has 0 amide bonds. The van der Waals surface area contributed by atoms with Gasteiger partial charge in [0.2, 0.25) is 0 Å². The molecule has 2 saturated heterocycles. The minimum atomic E-state index is -0.651. The van der Waals surface area contributed by atoms with Crippen molar-refractivity contribution in [3.05, 3.63) is 58.2 Å². The summed E-state index contributed by atoms with van der Waals surface area (Å²) in [7, 11) is 0. The molecule has 0 bridgehead atoms. The lowest BCUT2D eigenvalue weighted by Crippen LogP contribution is -2.52.